The van der Waals surface area contributed by atoms with Crippen molar-refractivity contribution in [1.29, 1.82) is 0 Å². The summed E-state index contributed by atoms with van der Waals surface area (Å²) in [4.78, 5) is 0. The van der Waals surface area contributed by atoms with Gasteiger partial charge in [0.05, 0.1) is 18.7 Å². The fourth-order valence-electron chi connectivity index (χ4n) is 0.926. The second-order valence-electron chi connectivity index (χ2n) is 2.73. The van der Waals surface area contributed by atoms with Gasteiger partial charge >= 0.3 is 0 Å². The predicted octanol–water partition coefficient (Wildman–Crippen LogP) is 0.0997. The van der Waals surface area contributed by atoms with Crippen LogP contribution in [0.1, 0.15) is 0 Å². The van der Waals surface area contributed by atoms with Gasteiger partial charge < -0.3 is 14.6 Å². The summed E-state index contributed by atoms with van der Waals surface area (Å²) in [5, 5.41) is 11.2. The molecule has 1 saturated heterocycles. The van der Waals surface area contributed by atoms with E-state index in [0.29, 0.717) is 18.8 Å². The summed E-state index contributed by atoms with van der Waals surface area (Å²) in [6.45, 7) is 1.10. The van der Waals surface area contributed by atoms with E-state index in [2.05, 4.69) is 0 Å². The first-order valence-electron chi connectivity index (χ1n) is 3.87. The fraction of sp³-hybridized carbons (Fsp3) is 0.333. The Kier molecular flexibility index (Phi) is 1.87. The summed E-state index contributed by atoms with van der Waals surface area (Å²) in [7, 11) is 0. The number of allylic oxidation sites excluding steroid dienone is 5. The average Bonchev–Trinajstić information content (AvgIpc) is 2.74. The van der Waals surface area contributed by atoms with E-state index in [1.54, 1.807) is 12.2 Å². The van der Waals surface area contributed by atoms with Gasteiger partial charge in [-0.15, -0.1) is 0 Å². The Morgan fingerprint density at radius 2 is 2.25 bits per heavy atom. The molecule has 0 saturated carbocycles. The molecule has 1 aliphatic carbocycles. The topological polar surface area (TPSA) is 44.8 Å². The van der Waals surface area contributed by atoms with Crippen molar-refractivity contribution >= 4 is 0 Å². The summed E-state index contributed by atoms with van der Waals surface area (Å²) in [5.74, 6) is -0.268. The van der Waals surface area contributed by atoms with E-state index in [-0.39, 0.29) is 12.0 Å². The van der Waals surface area contributed by atoms with E-state index in [0.717, 1.165) is 0 Å². The van der Waals surface area contributed by atoms with Crippen molar-refractivity contribution in [2.45, 2.75) is 6.10 Å². The third-order valence-electron chi connectivity index (χ3n) is 1.70. The molecule has 0 N–H and O–H groups in total. The molecule has 0 spiro atoms. The van der Waals surface area contributed by atoms with Gasteiger partial charge in [0.2, 0.25) is 0 Å². The van der Waals surface area contributed by atoms with Crippen LogP contribution in [0.5, 0.6) is 0 Å². The molecule has 0 aromatic heterocycles. The number of ether oxygens (including phenoxy) is 2. The van der Waals surface area contributed by atoms with Gasteiger partial charge in [-0.25, -0.2) is 0 Å². The van der Waals surface area contributed by atoms with Gasteiger partial charge in [0.1, 0.15) is 0 Å². The molecule has 1 fully saturated rings. The molecule has 2 rings (SSSR count). The van der Waals surface area contributed by atoms with E-state index in [1.807, 2.05) is 12.2 Å². The first kappa shape index (κ1) is 7.43. The molecule has 0 amide bonds. The van der Waals surface area contributed by atoms with Crippen LogP contribution in [0.25, 0.3) is 0 Å². The maximum Gasteiger partial charge on any atom is 0.0903 e. The summed E-state index contributed by atoms with van der Waals surface area (Å²) in [5.41, 5.74) is 0.607. The zero-order valence-corrected chi connectivity index (χ0v) is 6.53. The smallest absolute Gasteiger partial charge is 0.0903 e. The highest BCUT2D eigenvalue weighted by atomic mass is 16.6. The SMILES string of the molecule is [O-]C(OCC1CO1)=C1C=CC=C1. The molecule has 2 aliphatic rings. The van der Waals surface area contributed by atoms with Crippen LogP contribution in [0.2, 0.25) is 0 Å². The van der Waals surface area contributed by atoms with Crippen LogP contribution >= 0.6 is 0 Å². The molecule has 1 aliphatic heterocycles. The minimum absolute atomic E-state index is 0.143. The first-order valence-corrected chi connectivity index (χ1v) is 3.87. The van der Waals surface area contributed by atoms with Gasteiger partial charge in [0, 0.05) is 6.61 Å². The average molecular weight is 165 g/mol. The Morgan fingerprint density at radius 1 is 1.58 bits per heavy atom. The lowest BCUT2D eigenvalue weighted by molar-refractivity contribution is -0.358. The van der Waals surface area contributed by atoms with Crippen molar-refractivity contribution < 1.29 is 14.6 Å². The minimum atomic E-state index is -0.268. The zero-order chi connectivity index (χ0) is 8.39. The molecule has 1 heterocycles. The van der Waals surface area contributed by atoms with Crippen molar-refractivity contribution in [3.8, 4) is 0 Å². The van der Waals surface area contributed by atoms with Gasteiger partial charge in [-0.2, -0.15) is 0 Å². The number of hydrogen-bond donors (Lipinski definition) is 0. The van der Waals surface area contributed by atoms with Crippen LogP contribution in [-0.2, 0) is 9.47 Å². The van der Waals surface area contributed by atoms with Gasteiger partial charge in [-0.3, -0.25) is 0 Å². The second kappa shape index (κ2) is 3.03. The van der Waals surface area contributed by atoms with Crippen molar-refractivity contribution in [1.82, 2.24) is 0 Å². The van der Waals surface area contributed by atoms with E-state index in [1.165, 1.54) is 0 Å². The van der Waals surface area contributed by atoms with E-state index in [4.69, 9.17) is 9.47 Å². The van der Waals surface area contributed by atoms with Crippen LogP contribution in [0.3, 0.4) is 0 Å². The highest BCUT2D eigenvalue weighted by molar-refractivity contribution is 5.39. The zero-order valence-electron chi connectivity index (χ0n) is 6.53. The third-order valence-corrected chi connectivity index (χ3v) is 1.70. The number of epoxide rings is 1. The lowest BCUT2D eigenvalue weighted by Gasteiger charge is -2.15. The number of rotatable bonds is 3. The molecule has 0 aromatic rings. The molecule has 64 valence electrons. The maximum absolute atomic E-state index is 11.2. The van der Waals surface area contributed by atoms with Crippen molar-refractivity contribution in [2.24, 2.45) is 0 Å². The van der Waals surface area contributed by atoms with Crippen LogP contribution in [0.15, 0.2) is 35.8 Å². The molecule has 3 heteroatoms. The maximum atomic E-state index is 11.2. The summed E-state index contributed by atoms with van der Waals surface area (Å²) in [6.07, 6.45) is 7.23. The lowest BCUT2D eigenvalue weighted by Crippen LogP contribution is -2.13. The summed E-state index contributed by atoms with van der Waals surface area (Å²) in [6, 6.07) is 0. The molecule has 12 heavy (non-hydrogen) atoms. The van der Waals surface area contributed by atoms with Gasteiger partial charge in [0.15, 0.2) is 0 Å². The van der Waals surface area contributed by atoms with E-state index in [9.17, 15) is 5.11 Å². The Morgan fingerprint density at radius 3 is 2.83 bits per heavy atom. The van der Waals surface area contributed by atoms with Gasteiger partial charge in [-0.1, -0.05) is 24.3 Å². The van der Waals surface area contributed by atoms with Crippen LogP contribution in [0, 0.1) is 0 Å². The molecule has 0 bridgehead atoms. The minimum Gasteiger partial charge on any atom is -0.610 e. The normalized spacial score (nSPS) is 24.7. The largest absolute Gasteiger partial charge is 0.610 e. The highest BCUT2D eigenvalue weighted by Gasteiger charge is 2.20. The standard InChI is InChI=1S/C9H10O3/c10-9(7-3-1-2-4-7)12-6-8-5-11-8/h1-4,8,10H,5-6H2/p-1. The van der Waals surface area contributed by atoms with E-state index >= 15 is 0 Å². The molecule has 1 unspecified atom stereocenters. The predicted molar refractivity (Wildman–Crippen MR) is 41.0 cm³/mol. The van der Waals surface area contributed by atoms with Gasteiger partial charge in [0.25, 0.3) is 0 Å². The van der Waals surface area contributed by atoms with Crippen LogP contribution < -0.4 is 5.11 Å². The molecule has 3 nitrogen and oxygen atoms in total. The molecular formula is C9H9O3-. The fourth-order valence-corrected chi connectivity index (χ4v) is 0.926. The first-order chi connectivity index (χ1) is 5.86. The summed E-state index contributed by atoms with van der Waals surface area (Å²) < 4.78 is 9.85. The quantitative estimate of drug-likeness (QED) is 0.440. The second-order valence-corrected chi connectivity index (χ2v) is 2.73. The van der Waals surface area contributed by atoms with Crippen molar-refractivity contribution in [3.63, 3.8) is 0 Å². The van der Waals surface area contributed by atoms with Crippen LogP contribution in [0.4, 0.5) is 0 Å². The van der Waals surface area contributed by atoms with Crippen molar-refractivity contribution in [2.75, 3.05) is 13.2 Å². The molecular weight excluding hydrogens is 156 g/mol. The molecule has 1 atom stereocenters. The Bertz CT molecular complexity index is 245. The Labute approximate surface area is 70.6 Å². The third kappa shape index (κ3) is 1.68. The monoisotopic (exact) mass is 165 g/mol. The molecule has 0 radical (unpaired) electrons. The van der Waals surface area contributed by atoms with E-state index < -0.39 is 0 Å². The van der Waals surface area contributed by atoms with Crippen LogP contribution in [-0.4, -0.2) is 19.3 Å². The number of hydrogen-bond acceptors (Lipinski definition) is 3. The molecule has 0 aromatic carbocycles. The Balaban J connectivity index is 1.88. The lowest BCUT2D eigenvalue weighted by atomic mass is 10.3. The Hall–Kier alpha value is -1.22. The highest BCUT2D eigenvalue weighted by Crippen LogP contribution is 2.14. The van der Waals surface area contributed by atoms with Gasteiger partial charge in [-0.05, 0) is 5.57 Å². The summed E-state index contributed by atoms with van der Waals surface area (Å²) >= 11 is 0. The van der Waals surface area contributed by atoms with Crippen molar-refractivity contribution in [3.05, 3.63) is 35.8 Å².